The number of halogens is 1. The van der Waals surface area contributed by atoms with Gasteiger partial charge in [-0.25, -0.2) is 4.39 Å². The number of nitriles is 1. The van der Waals surface area contributed by atoms with Gasteiger partial charge in [0.25, 0.3) is 0 Å². The summed E-state index contributed by atoms with van der Waals surface area (Å²) < 4.78 is 19.3. The first-order chi connectivity index (χ1) is 9.81. The van der Waals surface area contributed by atoms with Crippen molar-refractivity contribution in [2.75, 3.05) is 18.5 Å². The second-order valence-corrected chi connectivity index (χ2v) is 5.19. The van der Waals surface area contributed by atoms with Gasteiger partial charge < -0.3 is 10.1 Å². The molecule has 20 heavy (non-hydrogen) atoms. The SMILES string of the molecule is N#Cc1c(F)cccc1NCCOC1CCCCCC1. The Kier molecular flexibility index (Phi) is 5.82. The lowest BCUT2D eigenvalue weighted by molar-refractivity contribution is 0.0501. The predicted molar refractivity (Wildman–Crippen MR) is 77.0 cm³/mol. The van der Waals surface area contributed by atoms with Crippen molar-refractivity contribution in [3.8, 4) is 6.07 Å². The number of hydrogen-bond donors (Lipinski definition) is 1. The van der Waals surface area contributed by atoms with Crippen LogP contribution in [-0.2, 0) is 4.74 Å². The average molecular weight is 276 g/mol. The van der Waals surface area contributed by atoms with E-state index in [1.165, 1.54) is 31.7 Å². The van der Waals surface area contributed by atoms with E-state index < -0.39 is 5.82 Å². The molecule has 1 aliphatic carbocycles. The third-order valence-electron chi connectivity index (χ3n) is 3.70. The minimum Gasteiger partial charge on any atom is -0.382 e. The largest absolute Gasteiger partial charge is 0.382 e. The summed E-state index contributed by atoms with van der Waals surface area (Å²) in [5, 5.41) is 12.0. The summed E-state index contributed by atoms with van der Waals surface area (Å²) in [5.41, 5.74) is 0.610. The third-order valence-corrected chi connectivity index (χ3v) is 3.70. The molecule has 1 fully saturated rings. The van der Waals surface area contributed by atoms with Crippen LogP contribution in [0.15, 0.2) is 18.2 Å². The van der Waals surface area contributed by atoms with Crippen LogP contribution in [-0.4, -0.2) is 19.3 Å². The highest BCUT2D eigenvalue weighted by atomic mass is 19.1. The summed E-state index contributed by atoms with van der Waals surface area (Å²) in [6.45, 7) is 1.18. The molecule has 0 radical (unpaired) electrons. The molecule has 1 aromatic rings. The molecule has 0 aliphatic heterocycles. The molecular weight excluding hydrogens is 255 g/mol. The van der Waals surface area contributed by atoms with Gasteiger partial charge in [0.2, 0.25) is 0 Å². The van der Waals surface area contributed by atoms with Crippen molar-refractivity contribution in [2.24, 2.45) is 0 Å². The van der Waals surface area contributed by atoms with Gasteiger partial charge in [0.1, 0.15) is 17.4 Å². The zero-order valence-corrected chi connectivity index (χ0v) is 11.7. The summed E-state index contributed by atoms with van der Waals surface area (Å²) in [4.78, 5) is 0. The first-order valence-electron chi connectivity index (χ1n) is 7.35. The molecule has 1 aliphatic rings. The molecule has 0 saturated heterocycles. The zero-order chi connectivity index (χ0) is 14.2. The van der Waals surface area contributed by atoms with Crippen LogP contribution in [0.4, 0.5) is 10.1 Å². The van der Waals surface area contributed by atoms with Crippen LogP contribution >= 0.6 is 0 Å². The van der Waals surface area contributed by atoms with Gasteiger partial charge in [-0.1, -0.05) is 31.7 Å². The normalized spacial score (nSPS) is 16.4. The second-order valence-electron chi connectivity index (χ2n) is 5.19. The quantitative estimate of drug-likeness (QED) is 0.656. The fraction of sp³-hybridized carbons (Fsp3) is 0.562. The van der Waals surface area contributed by atoms with Crippen molar-refractivity contribution in [1.82, 2.24) is 0 Å². The first kappa shape index (κ1) is 14.8. The molecule has 0 heterocycles. The summed E-state index contributed by atoms with van der Waals surface area (Å²) in [6.07, 6.45) is 7.77. The molecule has 1 saturated carbocycles. The number of nitrogens with one attached hydrogen (secondary N) is 1. The fourth-order valence-electron chi connectivity index (χ4n) is 2.60. The minimum atomic E-state index is -0.484. The third kappa shape index (κ3) is 4.21. The molecule has 0 unspecified atom stereocenters. The smallest absolute Gasteiger partial charge is 0.143 e. The molecule has 4 heteroatoms. The lowest BCUT2D eigenvalue weighted by atomic mass is 10.1. The van der Waals surface area contributed by atoms with Crippen molar-refractivity contribution in [3.05, 3.63) is 29.6 Å². The number of anilines is 1. The Hall–Kier alpha value is -1.60. The zero-order valence-electron chi connectivity index (χ0n) is 11.7. The van der Waals surface area contributed by atoms with Crippen molar-refractivity contribution in [2.45, 2.75) is 44.6 Å². The Bertz CT molecular complexity index is 462. The lowest BCUT2D eigenvalue weighted by Gasteiger charge is -2.16. The Morgan fingerprint density at radius 3 is 2.70 bits per heavy atom. The number of hydrogen-bond acceptors (Lipinski definition) is 3. The number of rotatable bonds is 5. The molecule has 0 spiro atoms. The van der Waals surface area contributed by atoms with Gasteiger partial charge in [0, 0.05) is 6.54 Å². The van der Waals surface area contributed by atoms with Crippen LogP contribution in [0.2, 0.25) is 0 Å². The predicted octanol–water partition coefficient (Wildman–Crippen LogP) is 3.85. The number of benzene rings is 1. The van der Waals surface area contributed by atoms with E-state index in [1.807, 2.05) is 6.07 Å². The maximum absolute atomic E-state index is 13.4. The molecule has 3 nitrogen and oxygen atoms in total. The van der Waals surface area contributed by atoms with E-state index >= 15 is 0 Å². The summed E-state index contributed by atoms with van der Waals surface area (Å²) >= 11 is 0. The van der Waals surface area contributed by atoms with Gasteiger partial charge in [-0.2, -0.15) is 5.26 Å². The Balaban J connectivity index is 1.76. The number of ether oxygens (including phenoxy) is 1. The molecule has 1 aromatic carbocycles. The Morgan fingerprint density at radius 2 is 2.00 bits per heavy atom. The van der Waals surface area contributed by atoms with Gasteiger partial charge in [-0.3, -0.25) is 0 Å². The van der Waals surface area contributed by atoms with Crippen molar-refractivity contribution in [3.63, 3.8) is 0 Å². The second kappa shape index (κ2) is 7.86. The topological polar surface area (TPSA) is 45.0 Å². The van der Waals surface area contributed by atoms with Crippen LogP contribution in [0.5, 0.6) is 0 Å². The van der Waals surface area contributed by atoms with Gasteiger partial charge in [0.15, 0.2) is 0 Å². The van der Waals surface area contributed by atoms with Crippen LogP contribution < -0.4 is 5.32 Å². The monoisotopic (exact) mass is 276 g/mol. The summed E-state index contributed by atoms with van der Waals surface area (Å²) in [5.74, 6) is -0.484. The van der Waals surface area contributed by atoms with Gasteiger partial charge >= 0.3 is 0 Å². The standard InChI is InChI=1S/C16H21FN2O/c17-15-8-5-9-16(14(15)12-18)19-10-11-20-13-6-3-1-2-4-7-13/h5,8-9,13,19H,1-4,6-7,10-11H2. The van der Waals surface area contributed by atoms with Crippen molar-refractivity contribution in [1.29, 1.82) is 5.26 Å². The summed E-state index contributed by atoms with van der Waals surface area (Å²) in [7, 11) is 0. The summed E-state index contributed by atoms with van der Waals surface area (Å²) in [6, 6.07) is 6.50. The van der Waals surface area contributed by atoms with E-state index in [9.17, 15) is 4.39 Å². The molecule has 2 rings (SSSR count). The van der Waals surface area contributed by atoms with Crippen LogP contribution in [0.1, 0.15) is 44.1 Å². The van der Waals surface area contributed by atoms with Crippen LogP contribution in [0, 0.1) is 17.1 Å². The van der Waals surface area contributed by atoms with Crippen LogP contribution in [0.3, 0.4) is 0 Å². The molecule has 0 aromatic heterocycles. The molecule has 0 amide bonds. The molecule has 108 valence electrons. The lowest BCUT2D eigenvalue weighted by Crippen LogP contribution is -2.18. The van der Waals surface area contributed by atoms with Crippen molar-refractivity contribution < 1.29 is 9.13 Å². The van der Waals surface area contributed by atoms with E-state index in [-0.39, 0.29) is 5.56 Å². The molecular formula is C16H21FN2O. The highest BCUT2D eigenvalue weighted by Gasteiger charge is 2.12. The minimum absolute atomic E-state index is 0.0713. The first-order valence-corrected chi connectivity index (χ1v) is 7.35. The van der Waals surface area contributed by atoms with E-state index in [1.54, 1.807) is 12.1 Å². The maximum atomic E-state index is 13.4. The van der Waals surface area contributed by atoms with E-state index in [0.717, 1.165) is 12.8 Å². The highest BCUT2D eigenvalue weighted by Crippen LogP contribution is 2.20. The van der Waals surface area contributed by atoms with Crippen LogP contribution in [0.25, 0.3) is 0 Å². The van der Waals surface area contributed by atoms with Gasteiger partial charge in [-0.15, -0.1) is 0 Å². The molecule has 1 N–H and O–H groups in total. The molecule has 0 atom stereocenters. The van der Waals surface area contributed by atoms with E-state index in [0.29, 0.717) is 24.9 Å². The number of nitrogens with zero attached hydrogens (tertiary/aromatic N) is 1. The molecule has 0 bridgehead atoms. The highest BCUT2D eigenvalue weighted by molar-refractivity contribution is 5.57. The Morgan fingerprint density at radius 1 is 1.25 bits per heavy atom. The van der Waals surface area contributed by atoms with E-state index in [4.69, 9.17) is 10.00 Å². The van der Waals surface area contributed by atoms with E-state index in [2.05, 4.69) is 5.32 Å². The van der Waals surface area contributed by atoms with Gasteiger partial charge in [0.05, 0.1) is 18.4 Å². The fourth-order valence-corrected chi connectivity index (χ4v) is 2.60. The van der Waals surface area contributed by atoms with Crippen molar-refractivity contribution >= 4 is 5.69 Å². The van der Waals surface area contributed by atoms with Gasteiger partial charge in [-0.05, 0) is 25.0 Å². The maximum Gasteiger partial charge on any atom is 0.143 e. The Labute approximate surface area is 119 Å². The average Bonchev–Trinajstić information content (AvgIpc) is 2.72.